The highest BCUT2D eigenvalue weighted by Crippen LogP contribution is 2.25. The Kier molecular flexibility index (Phi) is 4.67. The van der Waals surface area contributed by atoms with E-state index in [2.05, 4.69) is 34.5 Å². The van der Waals surface area contributed by atoms with Gasteiger partial charge in [-0.15, -0.1) is 11.3 Å². The van der Waals surface area contributed by atoms with Crippen molar-refractivity contribution >= 4 is 11.3 Å². The largest absolute Gasteiger partial charge is 0.333 e. The Bertz CT molecular complexity index is 546. The van der Waals surface area contributed by atoms with E-state index in [1.807, 2.05) is 17.5 Å². The SMILES string of the molecule is CNC1CCC(N(C)Cc2noc(-c3cccs3)n2)CC1. The molecule has 1 aliphatic carbocycles. The fourth-order valence-electron chi connectivity index (χ4n) is 2.98. The molecule has 0 saturated heterocycles. The lowest BCUT2D eigenvalue weighted by Gasteiger charge is -2.33. The number of hydrogen-bond acceptors (Lipinski definition) is 6. The van der Waals surface area contributed by atoms with E-state index >= 15 is 0 Å². The standard InChI is InChI=1S/C15H22N4OS/c1-16-11-5-7-12(8-6-11)19(2)10-14-17-15(20-18-14)13-4-3-9-21-13/h3-4,9,11-12,16H,5-8,10H2,1-2H3. The summed E-state index contributed by atoms with van der Waals surface area (Å²) in [4.78, 5) is 7.89. The molecule has 0 unspecified atom stereocenters. The molecule has 2 aromatic heterocycles. The topological polar surface area (TPSA) is 54.2 Å². The molecule has 0 amide bonds. The lowest BCUT2D eigenvalue weighted by atomic mass is 9.90. The number of nitrogens with zero attached hydrogens (tertiary/aromatic N) is 3. The van der Waals surface area contributed by atoms with Crippen LogP contribution in [-0.2, 0) is 6.54 Å². The highest BCUT2D eigenvalue weighted by atomic mass is 32.1. The van der Waals surface area contributed by atoms with Gasteiger partial charge in [0, 0.05) is 12.1 Å². The van der Waals surface area contributed by atoms with Crippen molar-refractivity contribution in [2.45, 2.75) is 44.3 Å². The van der Waals surface area contributed by atoms with Gasteiger partial charge in [0.25, 0.3) is 5.89 Å². The predicted molar refractivity (Wildman–Crippen MR) is 84.2 cm³/mol. The maximum atomic E-state index is 5.34. The lowest BCUT2D eigenvalue weighted by molar-refractivity contribution is 0.165. The van der Waals surface area contributed by atoms with Gasteiger partial charge in [0.1, 0.15) is 0 Å². The summed E-state index contributed by atoms with van der Waals surface area (Å²) in [6, 6.07) is 5.31. The van der Waals surface area contributed by atoms with Crippen LogP contribution in [0.1, 0.15) is 31.5 Å². The molecule has 0 aromatic carbocycles. The van der Waals surface area contributed by atoms with Crippen LogP contribution in [0.4, 0.5) is 0 Å². The summed E-state index contributed by atoms with van der Waals surface area (Å²) in [5, 5.41) is 9.50. The number of thiophene rings is 1. The Hall–Kier alpha value is -1.24. The van der Waals surface area contributed by atoms with E-state index in [1.165, 1.54) is 25.7 Å². The van der Waals surface area contributed by atoms with E-state index in [1.54, 1.807) is 11.3 Å². The van der Waals surface area contributed by atoms with Crippen molar-refractivity contribution < 1.29 is 4.52 Å². The van der Waals surface area contributed by atoms with Gasteiger partial charge in [-0.1, -0.05) is 11.2 Å². The van der Waals surface area contributed by atoms with Gasteiger partial charge >= 0.3 is 0 Å². The van der Waals surface area contributed by atoms with E-state index < -0.39 is 0 Å². The Morgan fingerprint density at radius 2 is 2.19 bits per heavy atom. The number of hydrogen-bond donors (Lipinski definition) is 1. The van der Waals surface area contributed by atoms with Crippen molar-refractivity contribution in [3.63, 3.8) is 0 Å². The number of aromatic nitrogens is 2. The third-order valence-electron chi connectivity index (χ3n) is 4.32. The summed E-state index contributed by atoms with van der Waals surface area (Å²) in [5.74, 6) is 1.41. The van der Waals surface area contributed by atoms with E-state index in [4.69, 9.17) is 4.52 Å². The van der Waals surface area contributed by atoms with Crippen LogP contribution in [0.15, 0.2) is 22.0 Å². The molecule has 1 aliphatic rings. The van der Waals surface area contributed by atoms with Crippen LogP contribution in [0, 0.1) is 0 Å². The molecule has 0 aliphatic heterocycles. The van der Waals surface area contributed by atoms with Gasteiger partial charge in [0.2, 0.25) is 0 Å². The fraction of sp³-hybridized carbons (Fsp3) is 0.600. The van der Waals surface area contributed by atoms with Crippen LogP contribution in [0.5, 0.6) is 0 Å². The summed E-state index contributed by atoms with van der Waals surface area (Å²) in [6.45, 7) is 0.754. The zero-order chi connectivity index (χ0) is 14.7. The quantitative estimate of drug-likeness (QED) is 0.920. The second-order valence-corrected chi connectivity index (χ2v) is 6.65. The average molecular weight is 306 g/mol. The third-order valence-corrected chi connectivity index (χ3v) is 5.18. The molecule has 1 N–H and O–H groups in total. The highest BCUT2D eigenvalue weighted by molar-refractivity contribution is 7.13. The maximum absolute atomic E-state index is 5.34. The van der Waals surface area contributed by atoms with Gasteiger partial charge in [-0.2, -0.15) is 4.98 Å². The van der Waals surface area contributed by atoms with Crippen molar-refractivity contribution in [3.05, 3.63) is 23.3 Å². The minimum absolute atomic E-state index is 0.623. The zero-order valence-corrected chi connectivity index (χ0v) is 13.4. The Morgan fingerprint density at radius 3 is 2.86 bits per heavy atom. The van der Waals surface area contributed by atoms with Crippen LogP contribution in [0.25, 0.3) is 10.8 Å². The maximum Gasteiger partial charge on any atom is 0.268 e. The molecule has 0 bridgehead atoms. The van der Waals surface area contributed by atoms with Gasteiger partial charge in [-0.25, -0.2) is 0 Å². The predicted octanol–water partition coefficient (Wildman–Crippen LogP) is 2.76. The molecule has 6 heteroatoms. The molecule has 0 atom stereocenters. The molecule has 2 heterocycles. The molecule has 5 nitrogen and oxygen atoms in total. The summed E-state index contributed by atoms with van der Waals surface area (Å²) in [6.07, 6.45) is 4.96. The first kappa shape index (κ1) is 14.7. The van der Waals surface area contributed by atoms with Crippen molar-refractivity contribution in [2.75, 3.05) is 14.1 Å². The normalized spacial score (nSPS) is 22.8. The van der Waals surface area contributed by atoms with Crippen LogP contribution < -0.4 is 5.32 Å². The smallest absolute Gasteiger partial charge is 0.268 e. The molecular formula is C15H22N4OS. The average Bonchev–Trinajstić information content (AvgIpc) is 3.18. The Labute approximate surface area is 129 Å². The first-order chi connectivity index (χ1) is 10.3. The second-order valence-electron chi connectivity index (χ2n) is 5.70. The van der Waals surface area contributed by atoms with E-state index in [9.17, 15) is 0 Å². The first-order valence-electron chi connectivity index (χ1n) is 7.50. The number of rotatable bonds is 5. The minimum Gasteiger partial charge on any atom is -0.333 e. The molecule has 1 fully saturated rings. The van der Waals surface area contributed by atoms with Crippen LogP contribution in [-0.4, -0.2) is 41.2 Å². The monoisotopic (exact) mass is 306 g/mol. The molecule has 21 heavy (non-hydrogen) atoms. The highest BCUT2D eigenvalue weighted by Gasteiger charge is 2.24. The summed E-state index contributed by atoms with van der Waals surface area (Å²) in [7, 11) is 4.21. The Balaban J connectivity index is 1.57. The molecule has 1 saturated carbocycles. The first-order valence-corrected chi connectivity index (χ1v) is 8.38. The molecule has 3 rings (SSSR count). The van der Waals surface area contributed by atoms with Crippen molar-refractivity contribution in [1.29, 1.82) is 0 Å². The number of nitrogens with one attached hydrogen (secondary N) is 1. The summed E-state index contributed by atoms with van der Waals surface area (Å²) < 4.78 is 5.34. The van der Waals surface area contributed by atoms with Gasteiger partial charge in [-0.3, -0.25) is 4.90 Å². The van der Waals surface area contributed by atoms with E-state index in [0.29, 0.717) is 18.0 Å². The van der Waals surface area contributed by atoms with Gasteiger partial charge in [0.15, 0.2) is 5.82 Å². The molecule has 2 aromatic rings. The van der Waals surface area contributed by atoms with Gasteiger partial charge < -0.3 is 9.84 Å². The zero-order valence-electron chi connectivity index (χ0n) is 12.6. The van der Waals surface area contributed by atoms with Gasteiger partial charge in [-0.05, 0) is 51.2 Å². The van der Waals surface area contributed by atoms with Crippen molar-refractivity contribution in [2.24, 2.45) is 0 Å². The summed E-state index contributed by atoms with van der Waals surface area (Å²) >= 11 is 1.62. The third kappa shape index (κ3) is 3.51. The fourth-order valence-corrected chi connectivity index (χ4v) is 3.62. The van der Waals surface area contributed by atoms with Gasteiger partial charge in [0.05, 0.1) is 11.4 Å². The molecule has 114 valence electrons. The molecule has 0 radical (unpaired) electrons. The van der Waals surface area contributed by atoms with Crippen LogP contribution in [0.2, 0.25) is 0 Å². The van der Waals surface area contributed by atoms with Crippen molar-refractivity contribution in [3.8, 4) is 10.8 Å². The van der Waals surface area contributed by atoms with Crippen LogP contribution >= 0.6 is 11.3 Å². The van der Waals surface area contributed by atoms with Crippen molar-refractivity contribution in [1.82, 2.24) is 20.4 Å². The Morgan fingerprint density at radius 1 is 1.38 bits per heavy atom. The van der Waals surface area contributed by atoms with Crippen LogP contribution in [0.3, 0.4) is 0 Å². The van der Waals surface area contributed by atoms with E-state index in [0.717, 1.165) is 17.2 Å². The molecular weight excluding hydrogens is 284 g/mol. The minimum atomic E-state index is 0.623. The lowest BCUT2D eigenvalue weighted by Crippen LogP contribution is -2.39. The summed E-state index contributed by atoms with van der Waals surface area (Å²) in [5.41, 5.74) is 0. The molecule has 0 spiro atoms. The second kappa shape index (κ2) is 6.68. The van der Waals surface area contributed by atoms with E-state index in [-0.39, 0.29) is 0 Å².